The minimum absolute atomic E-state index is 0.139. The fourth-order valence-electron chi connectivity index (χ4n) is 1.85. The number of hydrogen-bond donors (Lipinski definition) is 2. The third-order valence-electron chi connectivity index (χ3n) is 3.15. The minimum Gasteiger partial charge on any atom is -0.393 e. The molecule has 1 aliphatic carbocycles. The topological polar surface area (TPSA) is 49.3 Å². The molecule has 0 heterocycles. The van der Waals surface area contributed by atoms with Crippen molar-refractivity contribution in [2.45, 2.75) is 45.6 Å². The normalized spacial score (nSPS) is 22.1. The Hall–Kier alpha value is -0.830. The molecule has 3 heteroatoms. The molecule has 0 aliphatic heterocycles. The molecule has 1 rings (SSSR count). The Morgan fingerprint density at radius 1 is 1.50 bits per heavy atom. The second kappa shape index (κ2) is 6.69. The highest BCUT2D eigenvalue weighted by Crippen LogP contribution is 2.17. The first kappa shape index (κ1) is 13.2. The molecule has 0 fully saturated rings. The van der Waals surface area contributed by atoms with Crippen LogP contribution in [0, 0.1) is 11.8 Å². The number of amides is 1. The van der Waals surface area contributed by atoms with Gasteiger partial charge in [0.05, 0.1) is 6.10 Å². The van der Waals surface area contributed by atoms with Gasteiger partial charge in [0.15, 0.2) is 0 Å². The number of aliphatic hydroxyl groups excluding tert-OH is 1. The van der Waals surface area contributed by atoms with Crippen LogP contribution < -0.4 is 5.32 Å². The van der Waals surface area contributed by atoms with Crippen LogP contribution in [-0.2, 0) is 4.79 Å². The number of hydrogen-bond acceptors (Lipinski definition) is 2. The van der Waals surface area contributed by atoms with Gasteiger partial charge in [0.1, 0.15) is 0 Å². The van der Waals surface area contributed by atoms with Gasteiger partial charge in [-0.1, -0.05) is 26.0 Å². The Balaban J connectivity index is 2.17. The number of aliphatic hydroxyl groups is 1. The van der Waals surface area contributed by atoms with Gasteiger partial charge in [0.25, 0.3) is 0 Å². The Morgan fingerprint density at radius 3 is 2.81 bits per heavy atom. The monoisotopic (exact) mass is 225 g/mol. The van der Waals surface area contributed by atoms with Gasteiger partial charge in [-0.05, 0) is 31.6 Å². The average molecular weight is 225 g/mol. The molecule has 92 valence electrons. The van der Waals surface area contributed by atoms with Crippen LogP contribution >= 0.6 is 0 Å². The Labute approximate surface area is 97.9 Å². The summed E-state index contributed by atoms with van der Waals surface area (Å²) in [6.45, 7) is 4.55. The Morgan fingerprint density at radius 2 is 2.25 bits per heavy atom. The van der Waals surface area contributed by atoms with E-state index in [1.54, 1.807) is 0 Å². The fourth-order valence-corrected chi connectivity index (χ4v) is 1.85. The van der Waals surface area contributed by atoms with Crippen LogP contribution in [0.2, 0.25) is 0 Å². The van der Waals surface area contributed by atoms with Gasteiger partial charge in [-0.15, -0.1) is 0 Å². The molecule has 0 bridgehead atoms. The lowest BCUT2D eigenvalue weighted by Crippen LogP contribution is -2.33. The number of rotatable bonds is 5. The summed E-state index contributed by atoms with van der Waals surface area (Å²) in [5.74, 6) is 0.538. The van der Waals surface area contributed by atoms with E-state index < -0.39 is 0 Å². The molecular formula is C13H23NO2. The van der Waals surface area contributed by atoms with Crippen molar-refractivity contribution >= 4 is 5.91 Å². The predicted octanol–water partition coefficient (Wildman–Crippen LogP) is 1.87. The molecule has 1 amide bonds. The van der Waals surface area contributed by atoms with Crippen LogP contribution in [0.25, 0.3) is 0 Å². The van der Waals surface area contributed by atoms with Crippen molar-refractivity contribution in [3.05, 3.63) is 12.2 Å². The second-order valence-corrected chi connectivity index (χ2v) is 4.87. The number of allylic oxidation sites excluding steroid dienone is 2. The van der Waals surface area contributed by atoms with Crippen molar-refractivity contribution in [2.24, 2.45) is 11.8 Å². The van der Waals surface area contributed by atoms with Gasteiger partial charge in [-0.2, -0.15) is 0 Å². The van der Waals surface area contributed by atoms with Gasteiger partial charge in [0.2, 0.25) is 5.91 Å². The molecule has 2 atom stereocenters. The highest BCUT2D eigenvalue weighted by atomic mass is 16.3. The lowest BCUT2D eigenvalue weighted by atomic mass is 9.93. The molecule has 0 aromatic rings. The molecule has 0 spiro atoms. The first-order chi connectivity index (χ1) is 7.61. The predicted molar refractivity (Wildman–Crippen MR) is 65.0 cm³/mol. The van der Waals surface area contributed by atoms with Crippen LogP contribution in [0.15, 0.2) is 12.2 Å². The SMILES string of the molecule is CC(C)C(O)CCNC(=O)C1CC=CCC1. The molecular weight excluding hydrogens is 202 g/mol. The minimum atomic E-state index is -0.313. The highest BCUT2D eigenvalue weighted by molar-refractivity contribution is 5.78. The summed E-state index contributed by atoms with van der Waals surface area (Å²) in [5, 5.41) is 12.5. The van der Waals surface area contributed by atoms with E-state index in [-0.39, 0.29) is 23.8 Å². The maximum atomic E-state index is 11.7. The van der Waals surface area contributed by atoms with Crippen LogP contribution in [0.4, 0.5) is 0 Å². The average Bonchev–Trinajstić information content (AvgIpc) is 2.29. The summed E-state index contributed by atoms with van der Waals surface area (Å²) in [5.41, 5.74) is 0. The third-order valence-corrected chi connectivity index (χ3v) is 3.15. The molecule has 0 aromatic heterocycles. The molecule has 0 radical (unpaired) electrons. The van der Waals surface area contributed by atoms with E-state index in [0.717, 1.165) is 19.3 Å². The molecule has 0 saturated heterocycles. The van der Waals surface area contributed by atoms with Crippen molar-refractivity contribution in [3.8, 4) is 0 Å². The van der Waals surface area contributed by atoms with Crippen molar-refractivity contribution in [1.82, 2.24) is 5.32 Å². The van der Waals surface area contributed by atoms with Crippen molar-refractivity contribution in [1.29, 1.82) is 0 Å². The summed E-state index contributed by atoms with van der Waals surface area (Å²) in [6.07, 6.45) is 7.36. The summed E-state index contributed by atoms with van der Waals surface area (Å²) in [7, 11) is 0. The quantitative estimate of drug-likeness (QED) is 0.702. The summed E-state index contributed by atoms with van der Waals surface area (Å²) in [4.78, 5) is 11.7. The highest BCUT2D eigenvalue weighted by Gasteiger charge is 2.18. The largest absolute Gasteiger partial charge is 0.393 e. The van der Waals surface area contributed by atoms with Gasteiger partial charge >= 0.3 is 0 Å². The lowest BCUT2D eigenvalue weighted by Gasteiger charge is -2.19. The number of carbonyl (C=O) groups excluding carboxylic acids is 1. The van der Waals surface area contributed by atoms with Crippen LogP contribution in [0.3, 0.4) is 0 Å². The van der Waals surface area contributed by atoms with Gasteiger partial charge in [-0.3, -0.25) is 4.79 Å². The second-order valence-electron chi connectivity index (χ2n) is 4.87. The Kier molecular flexibility index (Phi) is 5.53. The Bertz CT molecular complexity index is 248. The van der Waals surface area contributed by atoms with Gasteiger partial charge < -0.3 is 10.4 Å². The van der Waals surface area contributed by atoms with E-state index in [1.165, 1.54) is 0 Å². The zero-order chi connectivity index (χ0) is 12.0. The standard InChI is InChI=1S/C13H23NO2/c1-10(2)12(15)8-9-14-13(16)11-6-4-3-5-7-11/h3-4,10-12,15H,5-9H2,1-2H3,(H,14,16). The summed E-state index contributed by atoms with van der Waals surface area (Å²) < 4.78 is 0. The van der Waals surface area contributed by atoms with Crippen molar-refractivity contribution in [3.63, 3.8) is 0 Å². The van der Waals surface area contributed by atoms with Crippen molar-refractivity contribution < 1.29 is 9.90 Å². The molecule has 2 unspecified atom stereocenters. The number of nitrogens with one attached hydrogen (secondary N) is 1. The smallest absolute Gasteiger partial charge is 0.223 e. The zero-order valence-corrected chi connectivity index (χ0v) is 10.3. The van der Waals surface area contributed by atoms with Crippen LogP contribution in [0.1, 0.15) is 39.5 Å². The van der Waals surface area contributed by atoms with E-state index in [1.807, 2.05) is 13.8 Å². The van der Waals surface area contributed by atoms with E-state index in [9.17, 15) is 9.90 Å². The fraction of sp³-hybridized carbons (Fsp3) is 0.769. The van der Waals surface area contributed by atoms with Crippen LogP contribution in [0.5, 0.6) is 0 Å². The maximum Gasteiger partial charge on any atom is 0.223 e. The molecule has 1 aliphatic rings. The summed E-state index contributed by atoms with van der Waals surface area (Å²) >= 11 is 0. The van der Waals surface area contributed by atoms with Crippen LogP contribution in [-0.4, -0.2) is 23.7 Å². The van der Waals surface area contributed by atoms with E-state index in [2.05, 4.69) is 17.5 Å². The van der Waals surface area contributed by atoms with E-state index in [4.69, 9.17) is 0 Å². The molecule has 2 N–H and O–H groups in total. The lowest BCUT2D eigenvalue weighted by molar-refractivity contribution is -0.125. The molecule has 16 heavy (non-hydrogen) atoms. The van der Waals surface area contributed by atoms with Crippen molar-refractivity contribution in [2.75, 3.05) is 6.54 Å². The van der Waals surface area contributed by atoms with E-state index >= 15 is 0 Å². The molecule has 3 nitrogen and oxygen atoms in total. The number of carbonyl (C=O) groups is 1. The van der Waals surface area contributed by atoms with E-state index in [0.29, 0.717) is 13.0 Å². The van der Waals surface area contributed by atoms with Gasteiger partial charge in [0, 0.05) is 12.5 Å². The third kappa shape index (κ3) is 4.35. The molecule has 0 aromatic carbocycles. The first-order valence-electron chi connectivity index (χ1n) is 6.22. The zero-order valence-electron chi connectivity index (χ0n) is 10.3. The summed E-state index contributed by atoms with van der Waals surface area (Å²) in [6, 6.07) is 0. The first-order valence-corrected chi connectivity index (χ1v) is 6.22. The maximum absolute atomic E-state index is 11.7. The molecule has 0 saturated carbocycles. The van der Waals surface area contributed by atoms with Gasteiger partial charge in [-0.25, -0.2) is 0 Å².